The number of hydrogen-bond acceptors (Lipinski definition) is 4. The minimum absolute atomic E-state index is 0.102. The number of ether oxygens (including phenoxy) is 1. The van der Waals surface area contributed by atoms with E-state index < -0.39 is 0 Å². The van der Waals surface area contributed by atoms with Gasteiger partial charge in [-0.15, -0.1) is 0 Å². The van der Waals surface area contributed by atoms with Crippen molar-refractivity contribution in [3.05, 3.63) is 72.5 Å². The van der Waals surface area contributed by atoms with E-state index >= 15 is 0 Å². The number of rotatable bonds is 8. The highest BCUT2D eigenvalue weighted by atomic mass is 16.5. The van der Waals surface area contributed by atoms with Gasteiger partial charge in [0.15, 0.2) is 0 Å². The Balaban J connectivity index is 1.66. The third-order valence-electron chi connectivity index (χ3n) is 5.81. The van der Waals surface area contributed by atoms with Gasteiger partial charge in [0.25, 0.3) is 0 Å². The first-order chi connectivity index (χ1) is 16.0. The molecule has 0 saturated carbocycles. The zero-order chi connectivity index (χ0) is 23.4. The highest BCUT2D eigenvalue weighted by Gasteiger charge is 2.15. The summed E-state index contributed by atoms with van der Waals surface area (Å²) < 4.78 is 11.5. The summed E-state index contributed by atoms with van der Waals surface area (Å²) in [6.07, 6.45) is 4.33. The monoisotopic (exact) mass is 442 g/mol. The normalized spacial score (nSPS) is 12.0. The fourth-order valence-electron chi connectivity index (χ4n) is 4.04. The van der Waals surface area contributed by atoms with Crippen LogP contribution < -0.4 is 10.1 Å². The van der Waals surface area contributed by atoms with Crippen molar-refractivity contribution in [3.63, 3.8) is 0 Å². The highest BCUT2D eigenvalue weighted by Crippen LogP contribution is 2.38. The van der Waals surface area contributed by atoms with Crippen molar-refractivity contribution in [2.45, 2.75) is 13.3 Å². The summed E-state index contributed by atoms with van der Waals surface area (Å²) in [6.45, 7) is 3.51. The lowest BCUT2D eigenvalue weighted by Crippen LogP contribution is -2.25. The topological polar surface area (TPSA) is 54.7 Å². The number of carbonyl (C=O) groups is 1. The first-order valence-corrected chi connectivity index (χ1v) is 11.2. The number of hydrogen-bond donors (Lipinski definition) is 1. The Morgan fingerprint density at radius 2 is 1.88 bits per heavy atom. The standard InChI is InChI=1S/C28H30N2O3/c1-19(14-28(31)29-12-7-13-30(2)3)23-16-24-25(18-33-27(24)17-26(23)32-4)22-11-10-20-8-5-6-9-21(20)15-22/h5-6,8-11,14-18H,7,12-13H2,1-4H3,(H,29,31)/b19-14+. The number of allylic oxidation sites excluding steroid dienone is 1. The third kappa shape index (κ3) is 5.10. The van der Waals surface area contributed by atoms with E-state index in [0.717, 1.165) is 46.2 Å². The molecule has 170 valence electrons. The van der Waals surface area contributed by atoms with Crippen LogP contribution in [0.3, 0.4) is 0 Å². The summed E-state index contributed by atoms with van der Waals surface area (Å²) in [5.41, 5.74) is 4.56. The molecule has 4 rings (SSSR count). The van der Waals surface area contributed by atoms with Gasteiger partial charge in [0, 0.05) is 35.2 Å². The maximum absolute atomic E-state index is 12.4. The van der Waals surface area contributed by atoms with E-state index in [1.54, 1.807) is 19.4 Å². The van der Waals surface area contributed by atoms with Gasteiger partial charge < -0.3 is 19.4 Å². The Morgan fingerprint density at radius 1 is 1.09 bits per heavy atom. The average Bonchev–Trinajstić information content (AvgIpc) is 3.23. The van der Waals surface area contributed by atoms with Crippen LogP contribution in [0.2, 0.25) is 0 Å². The van der Waals surface area contributed by atoms with Crippen LogP contribution in [-0.2, 0) is 4.79 Å². The zero-order valence-corrected chi connectivity index (χ0v) is 19.6. The van der Waals surface area contributed by atoms with E-state index in [9.17, 15) is 4.79 Å². The Labute approximate surface area is 194 Å². The smallest absolute Gasteiger partial charge is 0.244 e. The van der Waals surface area contributed by atoms with Crippen LogP contribution in [0.4, 0.5) is 0 Å². The minimum atomic E-state index is -0.102. The maximum atomic E-state index is 12.4. The molecule has 1 aromatic heterocycles. The predicted molar refractivity (Wildman–Crippen MR) is 136 cm³/mol. The molecule has 0 saturated heterocycles. The van der Waals surface area contributed by atoms with Gasteiger partial charge in [-0.05, 0) is 68.0 Å². The Hall–Kier alpha value is -3.57. The van der Waals surface area contributed by atoms with Gasteiger partial charge in [-0.2, -0.15) is 0 Å². The molecule has 3 aromatic carbocycles. The second kappa shape index (κ2) is 9.92. The van der Waals surface area contributed by atoms with Crippen molar-refractivity contribution in [1.29, 1.82) is 0 Å². The van der Waals surface area contributed by atoms with Crippen LogP contribution in [-0.4, -0.2) is 45.1 Å². The molecule has 0 atom stereocenters. The molecule has 0 bridgehead atoms. The Morgan fingerprint density at radius 3 is 2.64 bits per heavy atom. The molecule has 1 amide bonds. The van der Waals surface area contributed by atoms with Gasteiger partial charge in [-0.1, -0.05) is 36.4 Å². The Bertz CT molecular complexity index is 1320. The Kier molecular flexibility index (Phi) is 6.80. The first-order valence-electron chi connectivity index (χ1n) is 11.2. The summed E-state index contributed by atoms with van der Waals surface area (Å²) in [5, 5.41) is 6.33. The fraction of sp³-hybridized carbons (Fsp3) is 0.250. The predicted octanol–water partition coefficient (Wildman–Crippen LogP) is 5.73. The van der Waals surface area contributed by atoms with Gasteiger partial charge in [0.2, 0.25) is 5.91 Å². The molecule has 5 heteroatoms. The maximum Gasteiger partial charge on any atom is 0.244 e. The highest BCUT2D eigenvalue weighted by molar-refractivity contribution is 6.01. The molecule has 1 heterocycles. The molecule has 33 heavy (non-hydrogen) atoms. The minimum Gasteiger partial charge on any atom is -0.496 e. The zero-order valence-electron chi connectivity index (χ0n) is 19.6. The van der Waals surface area contributed by atoms with Crippen molar-refractivity contribution >= 4 is 33.2 Å². The number of benzene rings is 3. The average molecular weight is 443 g/mol. The quantitative estimate of drug-likeness (QED) is 0.280. The number of nitrogens with zero attached hydrogens (tertiary/aromatic N) is 1. The van der Waals surface area contributed by atoms with E-state index in [4.69, 9.17) is 9.15 Å². The van der Waals surface area contributed by atoms with Crippen molar-refractivity contribution < 1.29 is 13.9 Å². The molecule has 0 aliphatic carbocycles. The number of methoxy groups -OCH3 is 1. The summed E-state index contributed by atoms with van der Waals surface area (Å²) in [7, 11) is 5.68. The number of nitrogens with one attached hydrogen (secondary N) is 1. The number of amides is 1. The van der Waals surface area contributed by atoms with Crippen molar-refractivity contribution in [1.82, 2.24) is 10.2 Å². The third-order valence-corrected chi connectivity index (χ3v) is 5.81. The molecular formula is C28H30N2O3. The van der Waals surface area contributed by atoms with E-state index in [1.165, 1.54) is 10.8 Å². The number of furan rings is 1. The SMILES string of the molecule is COc1cc2occ(-c3ccc4ccccc4c3)c2cc1/C(C)=C/C(=O)NCCCN(C)C. The second-order valence-electron chi connectivity index (χ2n) is 8.54. The summed E-state index contributed by atoms with van der Waals surface area (Å²) in [5.74, 6) is 0.575. The molecule has 4 aromatic rings. The van der Waals surface area contributed by atoms with E-state index in [-0.39, 0.29) is 5.91 Å². The summed E-state index contributed by atoms with van der Waals surface area (Å²) in [6, 6.07) is 18.7. The number of carbonyl (C=O) groups excluding carboxylic acids is 1. The molecule has 0 aliphatic heterocycles. The summed E-state index contributed by atoms with van der Waals surface area (Å²) >= 11 is 0. The van der Waals surface area contributed by atoms with Crippen molar-refractivity contribution in [3.8, 4) is 16.9 Å². The lowest BCUT2D eigenvalue weighted by Gasteiger charge is -2.11. The van der Waals surface area contributed by atoms with Gasteiger partial charge in [0.1, 0.15) is 11.3 Å². The molecule has 0 unspecified atom stereocenters. The van der Waals surface area contributed by atoms with Crippen LogP contribution in [0.15, 0.2) is 71.4 Å². The van der Waals surface area contributed by atoms with E-state index in [1.807, 2.05) is 45.3 Å². The molecule has 0 aliphatic rings. The van der Waals surface area contributed by atoms with E-state index in [2.05, 4.69) is 40.5 Å². The molecule has 0 radical (unpaired) electrons. The molecule has 5 nitrogen and oxygen atoms in total. The molecular weight excluding hydrogens is 412 g/mol. The fourth-order valence-corrected chi connectivity index (χ4v) is 4.04. The molecule has 0 spiro atoms. The van der Waals surface area contributed by atoms with Gasteiger partial charge in [-0.25, -0.2) is 0 Å². The largest absolute Gasteiger partial charge is 0.496 e. The second-order valence-corrected chi connectivity index (χ2v) is 8.54. The van der Waals surface area contributed by atoms with Crippen LogP contribution in [0.1, 0.15) is 18.9 Å². The van der Waals surface area contributed by atoms with Crippen LogP contribution >= 0.6 is 0 Å². The lowest BCUT2D eigenvalue weighted by atomic mass is 9.97. The van der Waals surface area contributed by atoms with Gasteiger partial charge in [-0.3, -0.25) is 4.79 Å². The van der Waals surface area contributed by atoms with Crippen LogP contribution in [0, 0.1) is 0 Å². The molecule has 1 N–H and O–H groups in total. The van der Waals surface area contributed by atoms with E-state index in [0.29, 0.717) is 12.3 Å². The van der Waals surface area contributed by atoms with Gasteiger partial charge >= 0.3 is 0 Å². The van der Waals surface area contributed by atoms with Gasteiger partial charge in [0.05, 0.1) is 13.4 Å². The van der Waals surface area contributed by atoms with Crippen LogP contribution in [0.25, 0.3) is 38.4 Å². The summed E-state index contributed by atoms with van der Waals surface area (Å²) in [4.78, 5) is 14.5. The lowest BCUT2D eigenvalue weighted by molar-refractivity contribution is -0.116. The van der Waals surface area contributed by atoms with Crippen LogP contribution in [0.5, 0.6) is 5.75 Å². The van der Waals surface area contributed by atoms with Crippen molar-refractivity contribution in [2.24, 2.45) is 0 Å². The first kappa shape index (κ1) is 22.6. The van der Waals surface area contributed by atoms with Crippen molar-refractivity contribution in [2.75, 3.05) is 34.3 Å². The molecule has 0 fully saturated rings. The number of fused-ring (bicyclic) bond motifs is 2.